The molecule has 4 aromatic carbocycles. The summed E-state index contributed by atoms with van der Waals surface area (Å²) in [6, 6.07) is 10.9. The summed E-state index contributed by atoms with van der Waals surface area (Å²) in [5, 5.41) is -2.63. The van der Waals surface area contributed by atoms with Crippen molar-refractivity contribution in [3.05, 3.63) is 143 Å². The molecule has 0 N–H and O–H groups in total. The highest BCUT2D eigenvalue weighted by Gasteiger charge is 2.57. The number of benzene rings is 4. The fraction of sp³-hybridized carbons (Fsp3) is 0.348. The van der Waals surface area contributed by atoms with Gasteiger partial charge >= 0.3 is 24.7 Å². The SMILES string of the molecule is O=C(/C=C(/c1cc(Cl)c(F)c(Cl)c1)C(F)(F)F)c1ccc2c(c1)COC21CN(C(=O)CC(F)(F)F)C1.O=C(CC(S)(c1cc(Cl)c(F)c(Cl)c1)C(F)(F)F)c1ccc2c(c1)COC21CN(C(=O)CC(F)(F)F)C1. The summed E-state index contributed by atoms with van der Waals surface area (Å²) in [7, 11) is 0. The van der Waals surface area contributed by atoms with Gasteiger partial charge in [0.15, 0.2) is 23.2 Å². The molecule has 4 heterocycles. The van der Waals surface area contributed by atoms with Crippen molar-refractivity contribution in [1.82, 2.24) is 9.80 Å². The van der Waals surface area contributed by atoms with Gasteiger partial charge in [0, 0.05) is 17.5 Å². The van der Waals surface area contributed by atoms with E-state index in [1.165, 1.54) is 36.4 Å². The Hall–Kier alpha value is -4.65. The second-order valence-electron chi connectivity index (χ2n) is 17.3. The first-order valence-electron chi connectivity index (χ1n) is 20.7. The van der Waals surface area contributed by atoms with Gasteiger partial charge in [0.25, 0.3) is 0 Å². The quantitative estimate of drug-likeness (QED) is 0.0590. The molecule has 0 aromatic heterocycles. The average Bonchev–Trinajstić information content (AvgIpc) is 3.82. The van der Waals surface area contributed by atoms with Crippen molar-refractivity contribution >= 4 is 88.0 Å². The number of likely N-dealkylation sites (tertiary alicyclic amines) is 2. The van der Waals surface area contributed by atoms with Crippen molar-refractivity contribution in [2.45, 2.75) is 73.1 Å². The molecule has 2 spiro atoms. The van der Waals surface area contributed by atoms with Crippen molar-refractivity contribution in [3.8, 4) is 0 Å². The minimum Gasteiger partial charge on any atom is -0.362 e. The summed E-state index contributed by atoms with van der Waals surface area (Å²) in [6.07, 6.45) is -23.4. The Bertz CT molecular complexity index is 2910. The summed E-state index contributed by atoms with van der Waals surface area (Å²) in [5.74, 6) is -6.36. The number of nitrogens with zero attached hydrogens (tertiary/aromatic N) is 2. The summed E-state index contributed by atoms with van der Waals surface area (Å²) in [5.41, 5.74) is -2.91. The first-order valence-corrected chi connectivity index (χ1v) is 22.7. The van der Waals surface area contributed by atoms with Gasteiger partial charge in [-0.2, -0.15) is 65.3 Å². The van der Waals surface area contributed by atoms with Gasteiger partial charge < -0.3 is 19.3 Å². The number of carbonyl (C=O) groups excluding carboxylic acids is 4. The van der Waals surface area contributed by atoms with Crippen LogP contribution in [0.1, 0.15) is 73.4 Å². The molecular weight excluding hydrogens is 1120 g/mol. The Morgan fingerprint density at radius 1 is 0.575 bits per heavy atom. The lowest BCUT2D eigenvalue weighted by Gasteiger charge is -2.47. The van der Waals surface area contributed by atoms with E-state index in [4.69, 9.17) is 55.9 Å². The van der Waals surface area contributed by atoms with E-state index in [1.807, 2.05) is 0 Å². The van der Waals surface area contributed by atoms with Crippen LogP contribution in [0.4, 0.5) is 61.5 Å². The molecule has 2 amide bonds. The molecule has 4 aliphatic rings. The van der Waals surface area contributed by atoms with Gasteiger partial charge in [-0.05, 0) is 75.9 Å². The largest absolute Gasteiger partial charge is 0.417 e. The van der Waals surface area contributed by atoms with E-state index in [9.17, 15) is 80.6 Å². The summed E-state index contributed by atoms with van der Waals surface area (Å²) >= 11 is 26.3. The second kappa shape index (κ2) is 19.8. The van der Waals surface area contributed by atoms with E-state index in [1.54, 1.807) is 0 Å². The molecule has 8 rings (SSSR count). The molecule has 8 nitrogen and oxygen atoms in total. The normalized spacial score (nSPS) is 17.8. The maximum atomic E-state index is 14.1. The highest BCUT2D eigenvalue weighted by atomic mass is 35.5. The zero-order valence-electron chi connectivity index (χ0n) is 36.3. The number of halogens is 18. The molecule has 0 saturated carbocycles. The monoisotopic (exact) mass is 1140 g/mol. The Kier molecular flexibility index (Phi) is 15.2. The molecule has 27 heteroatoms. The Morgan fingerprint density at radius 3 is 1.37 bits per heavy atom. The first kappa shape index (κ1) is 56.1. The maximum Gasteiger partial charge on any atom is 0.417 e. The van der Waals surface area contributed by atoms with Crippen LogP contribution in [0.2, 0.25) is 20.1 Å². The molecule has 4 aliphatic heterocycles. The zero-order valence-corrected chi connectivity index (χ0v) is 40.2. The van der Waals surface area contributed by atoms with E-state index >= 15 is 0 Å². The van der Waals surface area contributed by atoms with Gasteiger partial charge in [-0.15, -0.1) is 0 Å². The van der Waals surface area contributed by atoms with Crippen molar-refractivity contribution < 1.29 is 90.1 Å². The predicted octanol–water partition coefficient (Wildman–Crippen LogP) is 13.1. The zero-order chi connectivity index (χ0) is 54.2. The molecule has 392 valence electrons. The third-order valence-electron chi connectivity index (χ3n) is 12.2. The van der Waals surface area contributed by atoms with Gasteiger partial charge in [0.2, 0.25) is 11.8 Å². The molecule has 0 aliphatic carbocycles. The Morgan fingerprint density at radius 2 is 0.973 bits per heavy atom. The summed E-state index contributed by atoms with van der Waals surface area (Å²) < 4.78 is 194. The van der Waals surface area contributed by atoms with Gasteiger partial charge in [-0.25, -0.2) is 8.78 Å². The number of hydrogen-bond acceptors (Lipinski definition) is 7. The lowest BCUT2D eigenvalue weighted by atomic mass is 9.83. The average molecular weight is 1150 g/mol. The molecule has 2 saturated heterocycles. The molecule has 0 bridgehead atoms. The number of ketones is 2. The van der Waals surface area contributed by atoms with Crippen LogP contribution in [-0.2, 0) is 48.2 Å². The Labute approximate surface area is 428 Å². The maximum absolute atomic E-state index is 14.1. The number of Topliss-reactive ketones (excluding diaryl/α,β-unsaturated/α-hetero) is 1. The van der Waals surface area contributed by atoms with Gasteiger partial charge in [0.1, 0.15) is 28.8 Å². The topological polar surface area (TPSA) is 93.2 Å². The number of carbonyl (C=O) groups is 4. The van der Waals surface area contributed by atoms with Crippen LogP contribution in [0.15, 0.2) is 66.7 Å². The van der Waals surface area contributed by atoms with E-state index in [2.05, 4.69) is 12.6 Å². The minimum absolute atomic E-state index is 0.0449. The highest BCUT2D eigenvalue weighted by molar-refractivity contribution is 7.81. The number of allylic oxidation sites excluding steroid dienone is 2. The third kappa shape index (κ3) is 11.6. The van der Waals surface area contributed by atoms with E-state index in [0.717, 1.165) is 9.80 Å². The molecule has 73 heavy (non-hydrogen) atoms. The number of amides is 2. The van der Waals surface area contributed by atoms with E-state index < -0.39 is 132 Å². The molecule has 1 unspecified atom stereocenters. The van der Waals surface area contributed by atoms with Gasteiger partial charge in [-0.1, -0.05) is 70.7 Å². The van der Waals surface area contributed by atoms with Crippen LogP contribution in [0.3, 0.4) is 0 Å². The fourth-order valence-electron chi connectivity index (χ4n) is 8.56. The molecule has 2 fully saturated rings. The van der Waals surface area contributed by atoms with E-state index in [-0.39, 0.29) is 50.5 Å². The van der Waals surface area contributed by atoms with Crippen LogP contribution in [0.5, 0.6) is 0 Å². The third-order valence-corrected chi connectivity index (χ3v) is 14.0. The van der Waals surface area contributed by atoms with Crippen LogP contribution in [0, 0.1) is 11.6 Å². The second-order valence-corrected chi connectivity index (χ2v) is 19.7. The predicted molar refractivity (Wildman–Crippen MR) is 237 cm³/mol. The summed E-state index contributed by atoms with van der Waals surface area (Å²) in [6.45, 7) is -0.577. The number of ether oxygens (including phenoxy) is 2. The van der Waals surface area contributed by atoms with Crippen molar-refractivity contribution in [2.24, 2.45) is 0 Å². The standard InChI is InChI=1S/C23H16Cl2F7NO3S.C23H14Cl2F7NO3/c24-15-4-13(5-16(25)19(15)26)21(37,23(30,31)32)6-17(34)11-1-2-14-12(3-11)8-36-20(14)9-33(10-20)18(35)7-22(27,28)29;24-16-4-12(5-17(25)20(16)26)15(23(30,31)32)6-18(34)11-1-2-14-13(3-11)8-36-21(14)9-33(10-21)19(35)7-22(27,28)29/h1-5,37H,6-10H2;1-6H,7-10H2/b;15-6-. The Balaban J connectivity index is 0.000000214. The van der Waals surface area contributed by atoms with Crippen molar-refractivity contribution in [3.63, 3.8) is 0 Å². The molecule has 1 atom stereocenters. The highest BCUT2D eigenvalue weighted by Crippen LogP contribution is 2.51. The number of fused-ring (bicyclic) bond motifs is 4. The smallest absolute Gasteiger partial charge is 0.362 e. The fourth-order valence-corrected chi connectivity index (χ4v) is 9.81. The minimum atomic E-state index is -5.06. The summed E-state index contributed by atoms with van der Waals surface area (Å²) in [4.78, 5) is 51.2. The molecular formula is C46H30Cl4F14N2O6S. The van der Waals surface area contributed by atoms with Crippen LogP contribution in [-0.4, -0.2) is 84.1 Å². The first-order chi connectivity index (χ1) is 33.5. The van der Waals surface area contributed by atoms with E-state index in [0.29, 0.717) is 52.6 Å². The number of hydrogen-bond donors (Lipinski definition) is 1. The van der Waals surface area contributed by atoms with Gasteiger partial charge in [0.05, 0.1) is 65.1 Å². The number of thiol groups is 1. The van der Waals surface area contributed by atoms with Crippen molar-refractivity contribution in [2.75, 3.05) is 26.2 Å². The van der Waals surface area contributed by atoms with Crippen LogP contribution < -0.4 is 0 Å². The molecule has 4 aromatic rings. The van der Waals surface area contributed by atoms with Crippen molar-refractivity contribution in [1.29, 1.82) is 0 Å². The molecule has 0 radical (unpaired) electrons. The number of rotatable bonds is 9. The van der Waals surface area contributed by atoms with Crippen LogP contribution >= 0.6 is 59.0 Å². The van der Waals surface area contributed by atoms with Gasteiger partial charge in [-0.3, -0.25) is 19.2 Å². The number of alkyl halides is 12. The van der Waals surface area contributed by atoms with Crippen LogP contribution in [0.25, 0.3) is 5.57 Å². The lowest BCUT2D eigenvalue weighted by molar-refractivity contribution is -0.186. The lowest BCUT2D eigenvalue weighted by Crippen LogP contribution is -2.61.